The van der Waals surface area contributed by atoms with Crippen LogP contribution in [-0.2, 0) is 6.54 Å². The molecule has 21 heavy (non-hydrogen) atoms. The molecular formula is C18H25N3. The highest BCUT2D eigenvalue weighted by Gasteiger charge is 2.31. The molecule has 0 saturated heterocycles. The summed E-state index contributed by atoms with van der Waals surface area (Å²) in [5.41, 5.74) is 3.84. The Morgan fingerprint density at radius 2 is 1.90 bits per heavy atom. The van der Waals surface area contributed by atoms with Crippen LogP contribution in [0.15, 0.2) is 36.5 Å². The predicted octanol–water partition coefficient (Wildman–Crippen LogP) is 4.02. The summed E-state index contributed by atoms with van der Waals surface area (Å²) in [6, 6.07) is 11.6. The molecular weight excluding hydrogens is 258 g/mol. The van der Waals surface area contributed by atoms with Crippen LogP contribution in [0.3, 0.4) is 0 Å². The van der Waals surface area contributed by atoms with Gasteiger partial charge in [0.15, 0.2) is 0 Å². The fourth-order valence-corrected chi connectivity index (χ4v) is 2.84. The van der Waals surface area contributed by atoms with Gasteiger partial charge >= 0.3 is 0 Å². The molecule has 1 aromatic heterocycles. The molecule has 1 aromatic carbocycles. The second kappa shape index (κ2) is 6.02. The number of benzene rings is 1. The van der Waals surface area contributed by atoms with Crippen molar-refractivity contribution in [3.8, 4) is 11.3 Å². The lowest BCUT2D eigenvalue weighted by Gasteiger charge is -2.17. The maximum Gasteiger partial charge on any atom is 0.0730 e. The summed E-state index contributed by atoms with van der Waals surface area (Å²) in [7, 11) is 0. The molecule has 1 heterocycles. The smallest absolute Gasteiger partial charge is 0.0730 e. The van der Waals surface area contributed by atoms with Gasteiger partial charge < -0.3 is 5.32 Å². The summed E-state index contributed by atoms with van der Waals surface area (Å²) < 4.78 is 2.24. The Bertz CT molecular complexity index is 582. The van der Waals surface area contributed by atoms with Gasteiger partial charge in [-0.3, -0.25) is 4.68 Å². The lowest BCUT2D eigenvalue weighted by molar-refractivity contribution is 0.444. The molecule has 1 unspecified atom stereocenters. The molecule has 1 aliphatic rings. The lowest BCUT2D eigenvalue weighted by Crippen LogP contribution is -2.22. The van der Waals surface area contributed by atoms with Gasteiger partial charge in [0.05, 0.1) is 17.9 Å². The van der Waals surface area contributed by atoms with Crippen molar-refractivity contribution >= 4 is 0 Å². The van der Waals surface area contributed by atoms with Crippen LogP contribution in [0.25, 0.3) is 11.3 Å². The predicted molar refractivity (Wildman–Crippen MR) is 87.1 cm³/mol. The molecule has 1 aliphatic carbocycles. The van der Waals surface area contributed by atoms with Crippen LogP contribution in [0, 0.1) is 5.92 Å². The van der Waals surface area contributed by atoms with Gasteiger partial charge in [-0.05, 0) is 25.7 Å². The molecule has 1 fully saturated rings. The number of hydrogen-bond donors (Lipinski definition) is 1. The highest BCUT2D eigenvalue weighted by Crippen LogP contribution is 2.41. The largest absolute Gasteiger partial charge is 0.310 e. The Morgan fingerprint density at radius 3 is 2.52 bits per heavy atom. The van der Waals surface area contributed by atoms with E-state index in [1.165, 1.54) is 29.7 Å². The molecule has 0 aliphatic heterocycles. The van der Waals surface area contributed by atoms with Gasteiger partial charge in [-0.15, -0.1) is 0 Å². The average molecular weight is 283 g/mol. The van der Waals surface area contributed by atoms with E-state index in [9.17, 15) is 0 Å². The van der Waals surface area contributed by atoms with Crippen molar-refractivity contribution in [2.24, 2.45) is 5.92 Å². The zero-order valence-electron chi connectivity index (χ0n) is 13.2. The minimum atomic E-state index is 0.484. The van der Waals surface area contributed by atoms with E-state index >= 15 is 0 Å². The van der Waals surface area contributed by atoms with Gasteiger partial charge in [0.25, 0.3) is 0 Å². The highest BCUT2D eigenvalue weighted by atomic mass is 15.3. The van der Waals surface area contributed by atoms with E-state index in [2.05, 4.69) is 61.1 Å². The van der Waals surface area contributed by atoms with E-state index in [-0.39, 0.29) is 0 Å². The van der Waals surface area contributed by atoms with E-state index < -0.39 is 0 Å². The molecule has 0 amide bonds. The monoisotopic (exact) mass is 283 g/mol. The third-order valence-corrected chi connectivity index (χ3v) is 4.31. The first-order chi connectivity index (χ1) is 10.2. The minimum absolute atomic E-state index is 0.484. The second-order valence-electron chi connectivity index (χ2n) is 6.44. The van der Waals surface area contributed by atoms with Crippen LogP contribution >= 0.6 is 0 Å². The van der Waals surface area contributed by atoms with Gasteiger partial charge in [0.1, 0.15) is 0 Å². The van der Waals surface area contributed by atoms with Crippen molar-refractivity contribution in [3.05, 3.63) is 42.1 Å². The van der Waals surface area contributed by atoms with Crippen LogP contribution in [0.4, 0.5) is 0 Å². The fraction of sp³-hybridized carbons (Fsp3) is 0.500. The molecule has 3 heteroatoms. The number of hydrogen-bond acceptors (Lipinski definition) is 2. The SMILES string of the molecule is CC(C)NCc1cnn(C(C)C2CC2)c1-c1ccccc1. The third-order valence-electron chi connectivity index (χ3n) is 4.31. The first-order valence-electron chi connectivity index (χ1n) is 8.02. The Hall–Kier alpha value is -1.61. The first-order valence-corrected chi connectivity index (χ1v) is 8.02. The molecule has 112 valence electrons. The van der Waals surface area contributed by atoms with E-state index in [1.54, 1.807) is 0 Å². The molecule has 3 rings (SSSR count). The van der Waals surface area contributed by atoms with Crippen LogP contribution < -0.4 is 5.32 Å². The molecule has 0 bridgehead atoms. The topological polar surface area (TPSA) is 29.9 Å². The minimum Gasteiger partial charge on any atom is -0.310 e. The van der Waals surface area contributed by atoms with Crippen LogP contribution in [0.2, 0.25) is 0 Å². The van der Waals surface area contributed by atoms with Gasteiger partial charge in [-0.2, -0.15) is 5.10 Å². The third kappa shape index (κ3) is 3.18. The zero-order valence-corrected chi connectivity index (χ0v) is 13.2. The van der Waals surface area contributed by atoms with Crippen LogP contribution in [0.1, 0.15) is 45.2 Å². The summed E-state index contributed by atoms with van der Waals surface area (Å²) >= 11 is 0. The average Bonchev–Trinajstić information content (AvgIpc) is 3.25. The Morgan fingerprint density at radius 1 is 1.19 bits per heavy atom. The van der Waals surface area contributed by atoms with Crippen LogP contribution in [0.5, 0.6) is 0 Å². The number of rotatable bonds is 6. The first kappa shape index (κ1) is 14.3. The Balaban J connectivity index is 1.96. The van der Waals surface area contributed by atoms with E-state index in [0.717, 1.165) is 12.5 Å². The van der Waals surface area contributed by atoms with Crippen molar-refractivity contribution in [1.29, 1.82) is 0 Å². The van der Waals surface area contributed by atoms with Crippen molar-refractivity contribution in [2.45, 2.75) is 52.2 Å². The zero-order chi connectivity index (χ0) is 14.8. The van der Waals surface area contributed by atoms with Crippen molar-refractivity contribution in [2.75, 3.05) is 0 Å². The van der Waals surface area contributed by atoms with Crippen molar-refractivity contribution < 1.29 is 0 Å². The number of nitrogens with zero attached hydrogens (tertiary/aromatic N) is 2. The van der Waals surface area contributed by atoms with Gasteiger partial charge in [-0.25, -0.2) is 0 Å². The molecule has 0 spiro atoms. The standard InChI is InChI=1S/C18H25N3/c1-13(2)19-11-17-12-20-21(14(3)15-9-10-15)18(17)16-7-5-4-6-8-16/h4-8,12-15,19H,9-11H2,1-3H3. The van der Waals surface area contributed by atoms with Crippen LogP contribution in [-0.4, -0.2) is 15.8 Å². The lowest BCUT2D eigenvalue weighted by atomic mass is 10.1. The molecule has 3 nitrogen and oxygen atoms in total. The van der Waals surface area contributed by atoms with E-state index in [1.807, 2.05) is 6.20 Å². The van der Waals surface area contributed by atoms with Gasteiger partial charge in [-0.1, -0.05) is 44.2 Å². The summed E-state index contributed by atoms with van der Waals surface area (Å²) in [6.45, 7) is 7.54. The summed E-state index contributed by atoms with van der Waals surface area (Å²) in [4.78, 5) is 0. The van der Waals surface area contributed by atoms with Crippen molar-refractivity contribution in [1.82, 2.24) is 15.1 Å². The molecule has 2 aromatic rings. The molecule has 1 N–H and O–H groups in total. The van der Waals surface area contributed by atoms with E-state index in [4.69, 9.17) is 5.10 Å². The highest BCUT2D eigenvalue weighted by molar-refractivity contribution is 5.63. The maximum atomic E-state index is 4.71. The Labute approximate surface area is 127 Å². The maximum absolute atomic E-state index is 4.71. The van der Waals surface area contributed by atoms with Gasteiger partial charge in [0.2, 0.25) is 0 Å². The fourth-order valence-electron chi connectivity index (χ4n) is 2.84. The molecule has 0 radical (unpaired) electrons. The second-order valence-corrected chi connectivity index (χ2v) is 6.44. The normalized spacial score (nSPS) is 16.4. The number of aromatic nitrogens is 2. The number of nitrogens with one attached hydrogen (secondary N) is 1. The molecule has 1 saturated carbocycles. The summed E-state index contributed by atoms with van der Waals surface area (Å²) in [6.07, 6.45) is 4.72. The molecule has 1 atom stereocenters. The Kier molecular flexibility index (Phi) is 4.11. The summed E-state index contributed by atoms with van der Waals surface area (Å²) in [5, 5.41) is 8.22. The van der Waals surface area contributed by atoms with Crippen molar-refractivity contribution in [3.63, 3.8) is 0 Å². The van der Waals surface area contributed by atoms with E-state index in [0.29, 0.717) is 12.1 Å². The summed E-state index contributed by atoms with van der Waals surface area (Å²) in [5.74, 6) is 0.804. The quantitative estimate of drug-likeness (QED) is 0.867. The van der Waals surface area contributed by atoms with Gasteiger partial charge in [0, 0.05) is 23.7 Å².